The Kier molecular flexibility index (Phi) is 5.81. The molecule has 0 N–H and O–H groups in total. The maximum Gasteiger partial charge on any atom is 0.166 e. The monoisotopic (exact) mass is 614 g/mol. The largest absolute Gasteiger partial charge is 0.456 e. The smallest absolute Gasteiger partial charge is 0.166 e. The van der Waals surface area contributed by atoms with E-state index in [0.717, 1.165) is 55.3 Å². The summed E-state index contributed by atoms with van der Waals surface area (Å²) < 4.78 is 8.88. The number of para-hydroxylation sites is 2. The highest BCUT2D eigenvalue weighted by Gasteiger charge is 2.24. The van der Waals surface area contributed by atoms with Crippen LogP contribution in [0.25, 0.3) is 94.4 Å². The van der Waals surface area contributed by atoms with E-state index >= 15 is 0 Å². The van der Waals surface area contributed by atoms with Crippen molar-refractivity contribution in [1.82, 2.24) is 19.5 Å². The van der Waals surface area contributed by atoms with Crippen LogP contribution in [-0.4, -0.2) is 19.5 Å². The molecule has 0 unspecified atom stereocenters. The average molecular weight is 615 g/mol. The molecule has 3 aromatic heterocycles. The Hall–Kier alpha value is -6.59. The molecule has 0 amide bonds. The highest BCUT2D eigenvalue weighted by Crippen LogP contribution is 2.43. The van der Waals surface area contributed by atoms with Crippen molar-refractivity contribution < 1.29 is 4.42 Å². The minimum Gasteiger partial charge on any atom is -0.456 e. The van der Waals surface area contributed by atoms with Crippen LogP contribution in [0.1, 0.15) is 0 Å². The van der Waals surface area contributed by atoms with E-state index in [0.29, 0.717) is 17.5 Å². The van der Waals surface area contributed by atoms with Gasteiger partial charge in [0.15, 0.2) is 17.5 Å². The van der Waals surface area contributed by atoms with Gasteiger partial charge < -0.3 is 8.98 Å². The number of nitrogens with zero attached hydrogens (tertiary/aromatic N) is 4. The van der Waals surface area contributed by atoms with E-state index < -0.39 is 0 Å². The third-order valence-electron chi connectivity index (χ3n) is 9.22. The zero-order valence-corrected chi connectivity index (χ0v) is 25.7. The Bertz CT molecular complexity index is 2780. The second-order valence-corrected chi connectivity index (χ2v) is 12.0. The Morgan fingerprint density at radius 3 is 1.73 bits per heavy atom. The fourth-order valence-electron chi connectivity index (χ4n) is 7.04. The van der Waals surface area contributed by atoms with Crippen LogP contribution in [0.3, 0.4) is 0 Å². The summed E-state index contributed by atoms with van der Waals surface area (Å²) in [5.41, 5.74) is 7.57. The maximum absolute atomic E-state index is 6.50. The molecule has 48 heavy (non-hydrogen) atoms. The Balaban J connectivity index is 1.38. The lowest BCUT2D eigenvalue weighted by atomic mass is 10.0. The van der Waals surface area contributed by atoms with Crippen molar-refractivity contribution in [2.24, 2.45) is 0 Å². The quantitative estimate of drug-likeness (QED) is 0.198. The van der Waals surface area contributed by atoms with E-state index in [1.807, 2.05) is 78.9 Å². The van der Waals surface area contributed by atoms with Gasteiger partial charge in [0.25, 0.3) is 0 Å². The Morgan fingerprint density at radius 1 is 0.417 bits per heavy atom. The van der Waals surface area contributed by atoms with Gasteiger partial charge in [0.1, 0.15) is 11.2 Å². The average Bonchev–Trinajstić information content (AvgIpc) is 3.69. The van der Waals surface area contributed by atoms with Gasteiger partial charge in [0.2, 0.25) is 0 Å². The fourth-order valence-corrected chi connectivity index (χ4v) is 7.04. The van der Waals surface area contributed by atoms with Crippen LogP contribution in [0.4, 0.5) is 0 Å². The number of hydrogen-bond acceptors (Lipinski definition) is 4. The van der Waals surface area contributed by atoms with Gasteiger partial charge in [-0.25, -0.2) is 15.0 Å². The first kappa shape index (κ1) is 26.6. The highest BCUT2D eigenvalue weighted by molar-refractivity contribution is 6.18. The van der Waals surface area contributed by atoms with Crippen molar-refractivity contribution in [3.05, 3.63) is 158 Å². The predicted molar refractivity (Wildman–Crippen MR) is 195 cm³/mol. The van der Waals surface area contributed by atoms with Gasteiger partial charge in [-0.15, -0.1) is 0 Å². The molecule has 10 aromatic rings. The zero-order valence-electron chi connectivity index (χ0n) is 25.7. The van der Waals surface area contributed by atoms with Crippen LogP contribution in [-0.2, 0) is 0 Å². The molecular weight excluding hydrogens is 589 g/mol. The maximum atomic E-state index is 6.50. The SMILES string of the molecule is c1ccc(-c2nc(-c3ccccc3)nc(-c3ccc4oc5ccccc5c4c3-n3c4ccccc4c4cc5ccccc5cc43)n2)cc1. The van der Waals surface area contributed by atoms with Gasteiger partial charge >= 0.3 is 0 Å². The first-order chi connectivity index (χ1) is 23.8. The second-order valence-electron chi connectivity index (χ2n) is 12.0. The van der Waals surface area contributed by atoms with Gasteiger partial charge in [0, 0.05) is 32.8 Å². The van der Waals surface area contributed by atoms with Crippen LogP contribution in [0.15, 0.2) is 162 Å². The van der Waals surface area contributed by atoms with E-state index in [-0.39, 0.29) is 0 Å². The molecule has 0 radical (unpaired) electrons. The molecule has 5 heteroatoms. The number of furan rings is 1. The van der Waals surface area contributed by atoms with Crippen LogP contribution < -0.4 is 0 Å². The zero-order chi connectivity index (χ0) is 31.6. The molecule has 10 rings (SSSR count). The summed E-state index contributed by atoms with van der Waals surface area (Å²) in [7, 11) is 0. The molecule has 224 valence electrons. The molecule has 5 nitrogen and oxygen atoms in total. The summed E-state index contributed by atoms with van der Waals surface area (Å²) in [4.78, 5) is 15.4. The summed E-state index contributed by atoms with van der Waals surface area (Å²) in [5, 5.41) is 6.80. The molecular formula is C43H26N4O. The molecule has 0 saturated heterocycles. The molecule has 0 saturated carbocycles. The van der Waals surface area contributed by atoms with Crippen LogP contribution >= 0.6 is 0 Å². The minimum absolute atomic E-state index is 0.594. The second kappa shape index (κ2) is 10.5. The summed E-state index contributed by atoms with van der Waals surface area (Å²) in [6.07, 6.45) is 0. The Labute approximate surface area is 275 Å². The number of aromatic nitrogens is 4. The van der Waals surface area contributed by atoms with Gasteiger partial charge in [-0.1, -0.05) is 121 Å². The van der Waals surface area contributed by atoms with Crippen molar-refractivity contribution in [3.8, 4) is 39.9 Å². The molecule has 0 spiro atoms. The summed E-state index contributed by atoms with van der Waals surface area (Å²) in [5.74, 6) is 1.84. The lowest BCUT2D eigenvalue weighted by molar-refractivity contribution is 0.669. The van der Waals surface area contributed by atoms with Gasteiger partial charge in [-0.2, -0.15) is 0 Å². The molecule has 0 atom stereocenters. The van der Waals surface area contributed by atoms with Crippen molar-refractivity contribution in [2.45, 2.75) is 0 Å². The van der Waals surface area contributed by atoms with E-state index in [1.165, 1.54) is 21.5 Å². The fraction of sp³-hybridized carbons (Fsp3) is 0. The van der Waals surface area contributed by atoms with Gasteiger partial charge in [-0.05, 0) is 47.2 Å². The molecule has 0 fully saturated rings. The third-order valence-corrected chi connectivity index (χ3v) is 9.22. The standard InChI is InChI=1S/C43H26N4O/c1-3-13-27(14-4-1)41-44-42(28-15-5-2-6-16-28)46-43(45-41)33-23-24-38-39(32-20-10-12-22-37(32)48-38)40(33)47-35-21-11-9-19-31(35)34-25-29-17-7-8-18-30(29)26-36(34)47/h1-26H. The normalized spacial score (nSPS) is 11.8. The van der Waals surface area contributed by atoms with Crippen molar-refractivity contribution >= 4 is 54.5 Å². The number of rotatable bonds is 4. The molecule has 0 aliphatic rings. The van der Waals surface area contributed by atoms with Crippen molar-refractivity contribution in [2.75, 3.05) is 0 Å². The predicted octanol–water partition coefficient (Wildman–Crippen LogP) is 11.0. The summed E-state index contributed by atoms with van der Waals surface area (Å²) in [6, 6.07) is 54.4. The van der Waals surface area contributed by atoms with Gasteiger partial charge in [-0.3, -0.25) is 0 Å². The minimum atomic E-state index is 0.594. The first-order valence-electron chi connectivity index (χ1n) is 16.0. The van der Waals surface area contributed by atoms with Crippen molar-refractivity contribution in [3.63, 3.8) is 0 Å². The summed E-state index contributed by atoms with van der Waals surface area (Å²) >= 11 is 0. The lowest BCUT2D eigenvalue weighted by Crippen LogP contribution is -2.04. The molecule has 0 aliphatic heterocycles. The topological polar surface area (TPSA) is 56.7 Å². The van der Waals surface area contributed by atoms with E-state index in [4.69, 9.17) is 19.4 Å². The molecule has 0 aliphatic carbocycles. The highest BCUT2D eigenvalue weighted by atomic mass is 16.3. The van der Waals surface area contributed by atoms with Crippen LogP contribution in [0.5, 0.6) is 0 Å². The van der Waals surface area contributed by atoms with Crippen LogP contribution in [0, 0.1) is 0 Å². The van der Waals surface area contributed by atoms with E-state index in [9.17, 15) is 0 Å². The third kappa shape index (κ3) is 4.08. The Morgan fingerprint density at radius 2 is 1.00 bits per heavy atom. The summed E-state index contributed by atoms with van der Waals surface area (Å²) in [6.45, 7) is 0. The van der Waals surface area contributed by atoms with E-state index in [1.54, 1.807) is 0 Å². The molecule has 3 heterocycles. The van der Waals surface area contributed by atoms with Crippen molar-refractivity contribution in [1.29, 1.82) is 0 Å². The van der Waals surface area contributed by atoms with Gasteiger partial charge in [0.05, 0.1) is 22.1 Å². The lowest BCUT2D eigenvalue weighted by Gasteiger charge is -2.16. The first-order valence-corrected chi connectivity index (χ1v) is 16.0. The number of fused-ring (bicyclic) bond motifs is 7. The number of hydrogen-bond donors (Lipinski definition) is 0. The molecule has 7 aromatic carbocycles. The van der Waals surface area contributed by atoms with E-state index in [2.05, 4.69) is 83.4 Å². The molecule has 0 bridgehead atoms. The van der Waals surface area contributed by atoms with Crippen LogP contribution in [0.2, 0.25) is 0 Å². The number of benzene rings is 7.